The van der Waals surface area contributed by atoms with Gasteiger partial charge in [0.05, 0.1) is 0 Å². The predicted molar refractivity (Wildman–Crippen MR) is 78.4 cm³/mol. The summed E-state index contributed by atoms with van der Waals surface area (Å²) < 4.78 is 32.1. The topological polar surface area (TPSA) is 12.5 Å². The highest BCUT2D eigenvalue weighted by molar-refractivity contribution is 6.74. The van der Waals surface area contributed by atoms with Crippen molar-refractivity contribution < 1.29 is 13.2 Å². The molecule has 0 N–H and O–H groups in total. The number of hydrogen-bond acceptors (Lipinski definition) is 2. The zero-order chi connectivity index (χ0) is 14.7. The van der Waals surface area contributed by atoms with Crippen molar-refractivity contribution in [3.05, 3.63) is 0 Å². The number of nitrogens with zero attached hydrogens (tertiary/aromatic N) is 1. The Morgan fingerprint density at radius 2 is 1.68 bits per heavy atom. The van der Waals surface area contributed by atoms with Gasteiger partial charge in [-0.15, -0.1) is 0 Å². The van der Waals surface area contributed by atoms with Gasteiger partial charge in [-0.3, -0.25) is 0 Å². The fourth-order valence-electron chi connectivity index (χ4n) is 1.94. The summed E-state index contributed by atoms with van der Waals surface area (Å²) in [5.74, 6) is -2.44. The highest BCUT2D eigenvalue weighted by Crippen LogP contribution is 2.36. The van der Waals surface area contributed by atoms with Crippen LogP contribution in [0.5, 0.6) is 0 Å². The van der Waals surface area contributed by atoms with E-state index in [0.717, 1.165) is 19.6 Å². The maximum absolute atomic E-state index is 13.0. The third-order valence-electron chi connectivity index (χ3n) is 4.48. The summed E-state index contributed by atoms with van der Waals surface area (Å²) in [4.78, 5) is 2.13. The van der Waals surface area contributed by atoms with Crippen LogP contribution in [0.2, 0.25) is 18.1 Å². The summed E-state index contributed by atoms with van der Waals surface area (Å²) in [5, 5.41) is 0.236. The molecule has 0 aromatic carbocycles. The Labute approximate surface area is 117 Å². The lowest BCUT2D eigenvalue weighted by molar-refractivity contribution is -0.0555. The molecule has 1 fully saturated rings. The van der Waals surface area contributed by atoms with E-state index in [1.165, 1.54) is 0 Å². The number of likely N-dealkylation sites (tertiary alicyclic amines) is 1. The number of rotatable bonds is 5. The Bertz CT molecular complexity index is 280. The average Bonchev–Trinajstić information content (AvgIpc) is 2.24. The molecule has 0 spiro atoms. The summed E-state index contributed by atoms with van der Waals surface area (Å²) in [7, 11) is -1.65. The van der Waals surface area contributed by atoms with Crippen molar-refractivity contribution in [1.29, 1.82) is 0 Å². The Balaban J connectivity index is 2.19. The molecule has 0 amide bonds. The van der Waals surface area contributed by atoms with E-state index < -0.39 is 14.2 Å². The van der Waals surface area contributed by atoms with Crippen LogP contribution in [0.3, 0.4) is 0 Å². The van der Waals surface area contributed by atoms with Gasteiger partial charge in [0.25, 0.3) is 5.92 Å². The quantitative estimate of drug-likeness (QED) is 0.558. The molecule has 114 valence electrons. The largest absolute Gasteiger partial charge is 0.417 e. The second-order valence-corrected chi connectivity index (χ2v) is 12.0. The van der Waals surface area contributed by atoms with Crippen molar-refractivity contribution in [2.45, 2.75) is 64.1 Å². The van der Waals surface area contributed by atoms with Gasteiger partial charge in [-0.2, -0.15) is 0 Å². The van der Waals surface area contributed by atoms with Gasteiger partial charge in [-0.1, -0.05) is 20.8 Å². The molecule has 0 bridgehead atoms. The molecule has 1 saturated heterocycles. The first-order valence-corrected chi connectivity index (χ1v) is 10.2. The molecule has 1 aliphatic heterocycles. The van der Waals surface area contributed by atoms with E-state index in [9.17, 15) is 8.78 Å². The molecule has 0 aliphatic carbocycles. The van der Waals surface area contributed by atoms with Crippen LogP contribution in [0.1, 0.15) is 40.0 Å². The molecular weight excluding hydrogens is 264 g/mol. The minimum atomic E-state index is -2.44. The van der Waals surface area contributed by atoms with E-state index in [2.05, 4.69) is 38.8 Å². The van der Waals surface area contributed by atoms with Gasteiger partial charge < -0.3 is 9.33 Å². The summed E-state index contributed by atoms with van der Waals surface area (Å²) >= 11 is 0. The first-order valence-electron chi connectivity index (χ1n) is 7.28. The Kier molecular flexibility index (Phi) is 5.55. The maximum atomic E-state index is 13.0. The lowest BCUT2D eigenvalue weighted by Gasteiger charge is -2.36. The van der Waals surface area contributed by atoms with Crippen molar-refractivity contribution in [2.24, 2.45) is 0 Å². The van der Waals surface area contributed by atoms with Gasteiger partial charge in [-0.05, 0) is 24.6 Å². The summed E-state index contributed by atoms with van der Waals surface area (Å²) in [5.41, 5.74) is 0. The molecule has 0 radical (unpaired) electrons. The van der Waals surface area contributed by atoms with Crippen LogP contribution in [0.4, 0.5) is 8.78 Å². The van der Waals surface area contributed by atoms with Gasteiger partial charge in [0.15, 0.2) is 8.32 Å². The van der Waals surface area contributed by atoms with E-state index in [1.807, 2.05) is 0 Å². The highest BCUT2D eigenvalue weighted by Gasteiger charge is 2.37. The zero-order valence-electron chi connectivity index (χ0n) is 13.1. The summed E-state index contributed by atoms with van der Waals surface area (Å²) in [6, 6.07) is 0. The van der Waals surface area contributed by atoms with Crippen LogP contribution < -0.4 is 0 Å². The highest BCUT2D eigenvalue weighted by atomic mass is 28.4. The lowest BCUT2D eigenvalue weighted by Crippen LogP contribution is -2.42. The van der Waals surface area contributed by atoms with Gasteiger partial charge in [-0.25, -0.2) is 8.78 Å². The third-order valence-corrected chi connectivity index (χ3v) is 9.01. The molecule has 0 aromatic rings. The smallest absolute Gasteiger partial charge is 0.250 e. The third kappa shape index (κ3) is 5.48. The van der Waals surface area contributed by atoms with Gasteiger partial charge in [0.1, 0.15) is 0 Å². The number of hydrogen-bond donors (Lipinski definition) is 0. The standard InChI is InChI=1S/C14H29F2NOSi/c1-13(2,3)19(4,5)18-12-6-9-17-10-7-14(15,16)8-11-17/h6-12H2,1-5H3. The first-order chi connectivity index (χ1) is 8.54. The second-order valence-electron chi connectivity index (χ2n) is 7.16. The molecule has 19 heavy (non-hydrogen) atoms. The molecule has 1 aliphatic rings. The lowest BCUT2D eigenvalue weighted by atomic mass is 10.1. The second kappa shape index (κ2) is 6.18. The fraction of sp³-hybridized carbons (Fsp3) is 1.00. The number of halogens is 2. The van der Waals surface area contributed by atoms with Crippen molar-refractivity contribution in [2.75, 3.05) is 26.2 Å². The average molecular weight is 293 g/mol. The van der Waals surface area contributed by atoms with Crippen LogP contribution >= 0.6 is 0 Å². The molecular formula is C14H29F2NOSi. The summed E-state index contributed by atoms with van der Waals surface area (Å²) in [6.45, 7) is 13.8. The van der Waals surface area contributed by atoms with E-state index in [4.69, 9.17) is 4.43 Å². The first kappa shape index (κ1) is 17.0. The SMILES string of the molecule is CC(C)(C)[Si](C)(C)OCCCN1CCC(F)(F)CC1. The van der Waals surface area contributed by atoms with E-state index >= 15 is 0 Å². The van der Waals surface area contributed by atoms with E-state index in [0.29, 0.717) is 13.1 Å². The zero-order valence-corrected chi connectivity index (χ0v) is 14.1. The van der Waals surface area contributed by atoms with Gasteiger partial charge in [0, 0.05) is 39.1 Å². The normalized spacial score (nSPS) is 21.6. The van der Waals surface area contributed by atoms with Crippen molar-refractivity contribution in [3.8, 4) is 0 Å². The molecule has 1 rings (SSSR count). The maximum Gasteiger partial charge on any atom is 0.250 e. The summed E-state index contributed by atoms with van der Waals surface area (Å²) in [6.07, 6.45) is 0.963. The number of piperidine rings is 1. The van der Waals surface area contributed by atoms with E-state index in [1.54, 1.807) is 0 Å². The van der Waals surface area contributed by atoms with Crippen LogP contribution in [-0.2, 0) is 4.43 Å². The Morgan fingerprint density at radius 3 is 2.16 bits per heavy atom. The van der Waals surface area contributed by atoms with Crippen LogP contribution in [-0.4, -0.2) is 45.4 Å². The van der Waals surface area contributed by atoms with Crippen LogP contribution in [0.15, 0.2) is 0 Å². The molecule has 2 nitrogen and oxygen atoms in total. The van der Waals surface area contributed by atoms with Crippen molar-refractivity contribution >= 4 is 8.32 Å². The molecule has 5 heteroatoms. The Hall–Kier alpha value is -0.00312. The molecule has 1 heterocycles. The van der Waals surface area contributed by atoms with Crippen molar-refractivity contribution in [1.82, 2.24) is 4.90 Å². The molecule has 0 aromatic heterocycles. The minimum Gasteiger partial charge on any atom is -0.417 e. The monoisotopic (exact) mass is 293 g/mol. The van der Waals surface area contributed by atoms with Gasteiger partial charge in [0.2, 0.25) is 0 Å². The number of alkyl halides is 2. The van der Waals surface area contributed by atoms with E-state index in [-0.39, 0.29) is 17.9 Å². The minimum absolute atomic E-state index is 0.0100. The molecule has 0 atom stereocenters. The predicted octanol–water partition coefficient (Wildman–Crippen LogP) is 4.13. The van der Waals surface area contributed by atoms with Gasteiger partial charge >= 0.3 is 0 Å². The van der Waals surface area contributed by atoms with Crippen LogP contribution in [0, 0.1) is 0 Å². The fourth-order valence-corrected chi connectivity index (χ4v) is 3.02. The molecule has 0 unspecified atom stereocenters. The van der Waals surface area contributed by atoms with Crippen molar-refractivity contribution in [3.63, 3.8) is 0 Å². The molecule has 0 saturated carbocycles. The Morgan fingerprint density at radius 1 is 1.16 bits per heavy atom. The van der Waals surface area contributed by atoms with Crippen LogP contribution in [0.25, 0.3) is 0 Å².